The van der Waals surface area contributed by atoms with E-state index in [0.717, 1.165) is 23.5 Å². The van der Waals surface area contributed by atoms with Crippen molar-refractivity contribution in [2.45, 2.75) is 39.3 Å². The first-order valence-electron chi connectivity index (χ1n) is 6.12. The van der Waals surface area contributed by atoms with Crippen molar-refractivity contribution in [3.63, 3.8) is 0 Å². The predicted octanol–water partition coefficient (Wildman–Crippen LogP) is 1.74. The Hall–Kier alpha value is -1.72. The van der Waals surface area contributed by atoms with Crippen molar-refractivity contribution in [2.24, 2.45) is 0 Å². The highest BCUT2D eigenvalue weighted by Crippen LogP contribution is 2.24. The summed E-state index contributed by atoms with van der Waals surface area (Å²) in [5.41, 5.74) is 1.69. The normalized spacial score (nSPS) is 15.2. The van der Waals surface area contributed by atoms with E-state index in [0.29, 0.717) is 13.1 Å². The molecule has 0 aromatic carbocycles. The second kappa shape index (κ2) is 4.51. The topological polar surface area (TPSA) is 70.2 Å². The van der Waals surface area contributed by atoms with Crippen molar-refractivity contribution in [3.8, 4) is 0 Å². The zero-order chi connectivity index (χ0) is 13.3. The number of carbonyl (C=O) groups is 1. The third-order valence-corrected chi connectivity index (χ3v) is 2.82. The molecule has 2 rings (SSSR count). The van der Waals surface area contributed by atoms with Crippen molar-refractivity contribution in [3.05, 3.63) is 11.3 Å². The minimum Gasteiger partial charge on any atom is -0.444 e. The SMILES string of the molecule is CNc1n[nH]c2c1CCN(C(=O)OC(C)(C)C)C2. The number of hydrogen-bond donors (Lipinski definition) is 2. The minimum absolute atomic E-state index is 0.270. The van der Waals surface area contributed by atoms with Crippen LogP contribution in [0.25, 0.3) is 0 Å². The Labute approximate surface area is 107 Å². The largest absolute Gasteiger partial charge is 0.444 e. The van der Waals surface area contributed by atoms with Crippen LogP contribution in [-0.2, 0) is 17.7 Å². The minimum atomic E-state index is -0.457. The summed E-state index contributed by atoms with van der Waals surface area (Å²) in [6.45, 7) is 6.80. The van der Waals surface area contributed by atoms with Crippen molar-refractivity contribution >= 4 is 11.9 Å². The molecule has 0 unspecified atom stereocenters. The standard InChI is InChI=1S/C12H20N4O2/c1-12(2,3)18-11(17)16-6-5-8-9(7-16)14-15-10(8)13-4/h5-7H2,1-4H3,(H2,13,14,15). The van der Waals surface area contributed by atoms with Crippen molar-refractivity contribution < 1.29 is 9.53 Å². The van der Waals surface area contributed by atoms with E-state index in [1.807, 2.05) is 27.8 Å². The van der Waals surface area contributed by atoms with Gasteiger partial charge in [-0.05, 0) is 27.2 Å². The fourth-order valence-corrected chi connectivity index (χ4v) is 2.01. The van der Waals surface area contributed by atoms with Gasteiger partial charge in [0.25, 0.3) is 0 Å². The van der Waals surface area contributed by atoms with Gasteiger partial charge in [0.05, 0.1) is 12.2 Å². The van der Waals surface area contributed by atoms with Gasteiger partial charge in [0.2, 0.25) is 0 Å². The quantitative estimate of drug-likeness (QED) is 0.798. The molecule has 0 aliphatic carbocycles. The second-order valence-corrected chi connectivity index (χ2v) is 5.43. The number of ether oxygens (including phenoxy) is 1. The van der Waals surface area contributed by atoms with Gasteiger partial charge in [0, 0.05) is 19.2 Å². The highest BCUT2D eigenvalue weighted by Gasteiger charge is 2.27. The van der Waals surface area contributed by atoms with Crippen LogP contribution in [0.15, 0.2) is 0 Å². The molecule has 0 saturated heterocycles. The molecule has 0 saturated carbocycles. The van der Waals surface area contributed by atoms with Gasteiger partial charge in [-0.25, -0.2) is 4.79 Å². The lowest BCUT2D eigenvalue weighted by molar-refractivity contribution is 0.0221. The number of anilines is 1. The van der Waals surface area contributed by atoms with E-state index in [4.69, 9.17) is 4.74 Å². The summed E-state index contributed by atoms with van der Waals surface area (Å²) in [4.78, 5) is 13.7. The van der Waals surface area contributed by atoms with Crippen LogP contribution in [-0.4, -0.2) is 40.4 Å². The molecule has 6 heteroatoms. The fourth-order valence-electron chi connectivity index (χ4n) is 2.01. The maximum Gasteiger partial charge on any atom is 0.410 e. The van der Waals surface area contributed by atoms with E-state index in [-0.39, 0.29) is 6.09 Å². The van der Waals surface area contributed by atoms with E-state index in [2.05, 4.69) is 15.5 Å². The van der Waals surface area contributed by atoms with Crippen LogP contribution >= 0.6 is 0 Å². The summed E-state index contributed by atoms with van der Waals surface area (Å²) in [5.74, 6) is 0.869. The lowest BCUT2D eigenvalue weighted by atomic mass is 10.1. The first kappa shape index (κ1) is 12.7. The maximum atomic E-state index is 12.0. The van der Waals surface area contributed by atoms with E-state index >= 15 is 0 Å². The molecule has 1 amide bonds. The molecule has 0 atom stereocenters. The number of hydrogen-bond acceptors (Lipinski definition) is 4. The average Bonchev–Trinajstić information content (AvgIpc) is 2.68. The van der Waals surface area contributed by atoms with Gasteiger partial charge in [-0.3, -0.25) is 5.10 Å². The van der Waals surface area contributed by atoms with Gasteiger partial charge in [-0.1, -0.05) is 0 Å². The summed E-state index contributed by atoms with van der Waals surface area (Å²) in [6, 6.07) is 0. The first-order chi connectivity index (χ1) is 8.40. The van der Waals surface area contributed by atoms with Gasteiger partial charge in [0.1, 0.15) is 5.60 Å². The zero-order valence-corrected chi connectivity index (χ0v) is 11.3. The Morgan fingerprint density at radius 1 is 1.50 bits per heavy atom. The smallest absolute Gasteiger partial charge is 0.410 e. The Morgan fingerprint density at radius 2 is 2.22 bits per heavy atom. The van der Waals surface area contributed by atoms with Crippen LogP contribution in [0.1, 0.15) is 32.0 Å². The van der Waals surface area contributed by atoms with Crippen LogP contribution in [0.4, 0.5) is 10.6 Å². The van der Waals surface area contributed by atoms with Crippen LogP contribution in [0, 0.1) is 0 Å². The molecule has 0 fully saturated rings. The Balaban J connectivity index is 2.06. The number of fused-ring (bicyclic) bond motifs is 1. The van der Waals surface area contributed by atoms with Crippen molar-refractivity contribution in [1.29, 1.82) is 0 Å². The molecule has 1 aliphatic heterocycles. The second-order valence-electron chi connectivity index (χ2n) is 5.43. The highest BCUT2D eigenvalue weighted by atomic mass is 16.6. The third-order valence-electron chi connectivity index (χ3n) is 2.82. The van der Waals surface area contributed by atoms with Gasteiger partial charge in [-0.15, -0.1) is 0 Å². The Kier molecular flexibility index (Phi) is 3.19. The molecule has 1 aromatic heterocycles. The number of aromatic nitrogens is 2. The van der Waals surface area contributed by atoms with E-state index in [1.54, 1.807) is 4.90 Å². The number of aromatic amines is 1. The molecule has 6 nitrogen and oxygen atoms in total. The molecule has 100 valence electrons. The summed E-state index contributed by atoms with van der Waals surface area (Å²) in [6.07, 6.45) is 0.523. The lowest BCUT2D eigenvalue weighted by Gasteiger charge is -2.29. The maximum absolute atomic E-state index is 12.0. The number of nitrogens with one attached hydrogen (secondary N) is 2. The number of H-pyrrole nitrogens is 1. The van der Waals surface area contributed by atoms with E-state index in [9.17, 15) is 4.79 Å². The Bertz CT molecular complexity index is 447. The van der Waals surface area contributed by atoms with Crippen LogP contribution in [0.2, 0.25) is 0 Å². The van der Waals surface area contributed by atoms with Gasteiger partial charge < -0.3 is 15.0 Å². The van der Waals surface area contributed by atoms with E-state index < -0.39 is 5.60 Å². The molecule has 2 heterocycles. The Morgan fingerprint density at radius 3 is 2.83 bits per heavy atom. The number of nitrogens with zero attached hydrogens (tertiary/aromatic N) is 2. The summed E-state index contributed by atoms with van der Waals surface area (Å²) < 4.78 is 5.36. The molecule has 0 radical (unpaired) electrons. The lowest BCUT2D eigenvalue weighted by Crippen LogP contribution is -2.39. The van der Waals surface area contributed by atoms with Gasteiger partial charge in [0.15, 0.2) is 5.82 Å². The monoisotopic (exact) mass is 252 g/mol. The molecule has 18 heavy (non-hydrogen) atoms. The fraction of sp³-hybridized carbons (Fsp3) is 0.667. The van der Waals surface area contributed by atoms with Crippen LogP contribution < -0.4 is 5.32 Å². The first-order valence-corrected chi connectivity index (χ1v) is 6.12. The average molecular weight is 252 g/mol. The number of carbonyl (C=O) groups excluding carboxylic acids is 1. The molecule has 1 aromatic rings. The van der Waals surface area contributed by atoms with Gasteiger partial charge in [-0.2, -0.15) is 5.10 Å². The number of amides is 1. The zero-order valence-electron chi connectivity index (χ0n) is 11.3. The molecule has 2 N–H and O–H groups in total. The molecule has 0 bridgehead atoms. The highest BCUT2D eigenvalue weighted by molar-refractivity contribution is 5.69. The van der Waals surface area contributed by atoms with Gasteiger partial charge >= 0.3 is 6.09 Å². The molecular formula is C12H20N4O2. The van der Waals surface area contributed by atoms with Crippen molar-refractivity contribution in [1.82, 2.24) is 15.1 Å². The number of rotatable bonds is 1. The summed E-state index contributed by atoms with van der Waals surface area (Å²) in [5, 5.41) is 10.2. The molecular weight excluding hydrogens is 232 g/mol. The summed E-state index contributed by atoms with van der Waals surface area (Å²) >= 11 is 0. The van der Waals surface area contributed by atoms with Crippen LogP contribution in [0.3, 0.4) is 0 Å². The summed E-state index contributed by atoms with van der Waals surface area (Å²) in [7, 11) is 1.84. The van der Waals surface area contributed by atoms with Crippen molar-refractivity contribution in [2.75, 3.05) is 18.9 Å². The molecule has 0 spiro atoms. The molecule has 1 aliphatic rings. The predicted molar refractivity (Wildman–Crippen MR) is 68.5 cm³/mol. The third kappa shape index (κ3) is 2.57. The van der Waals surface area contributed by atoms with Crippen LogP contribution in [0.5, 0.6) is 0 Å². The van der Waals surface area contributed by atoms with E-state index in [1.165, 1.54) is 0 Å².